The van der Waals surface area contributed by atoms with Gasteiger partial charge in [-0.1, -0.05) is 23.7 Å². The van der Waals surface area contributed by atoms with Crippen molar-refractivity contribution in [3.8, 4) is 5.75 Å². The van der Waals surface area contributed by atoms with Gasteiger partial charge in [0.1, 0.15) is 11.6 Å². The quantitative estimate of drug-likeness (QED) is 0.919. The first-order valence-electron chi connectivity index (χ1n) is 6.45. The van der Waals surface area contributed by atoms with Gasteiger partial charge in [-0.3, -0.25) is 4.79 Å². The first-order valence-corrected chi connectivity index (χ1v) is 6.83. The zero-order valence-electron chi connectivity index (χ0n) is 11.7. The third-order valence-corrected chi connectivity index (χ3v) is 3.10. The van der Waals surface area contributed by atoms with Gasteiger partial charge in [0.15, 0.2) is 6.10 Å². The molecule has 0 saturated carbocycles. The van der Waals surface area contributed by atoms with E-state index in [0.717, 1.165) is 11.6 Å². The van der Waals surface area contributed by atoms with Crippen molar-refractivity contribution in [2.75, 3.05) is 5.32 Å². The molecule has 5 heteroatoms. The van der Waals surface area contributed by atoms with E-state index in [2.05, 4.69) is 5.32 Å². The highest BCUT2D eigenvalue weighted by Crippen LogP contribution is 2.20. The van der Waals surface area contributed by atoms with Crippen LogP contribution in [-0.4, -0.2) is 12.0 Å². The Morgan fingerprint density at radius 1 is 1.29 bits per heavy atom. The Bertz CT molecular complexity index is 660. The number of rotatable bonds is 4. The normalized spacial score (nSPS) is 11.8. The van der Waals surface area contributed by atoms with E-state index in [1.165, 1.54) is 12.1 Å². The van der Waals surface area contributed by atoms with Gasteiger partial charge in [-0.05, 0) is 49.7 Å². The van der Waals surface area contributed by atoms with Crippen molar-refractivity contribution in [2.24, 2.45) is 0 Å². The van der Waals surface area contributed by atoms with Gasteiger partial charge in [0.2, 0.25) is 0 Å². The fraction of sp³-hybridized carbons (Fsp3) is 0.188. The van der Waals surface area contributed by atoms with Crippen LogP contribution in [0.5, 0.6) is 5.75 Å². The van der Waals surface area contributed by atoms with Gasteiger partial charge in [0.25, 0.3) is 5.91 Å². The number of nitrogens with one attached hydrogen (secondary N) is 1. The molecule has 2 rings (SSSR count). The average Bonchev–Trinajstić information content (AvgIpc) is 2.41. The summed E-state index contributed by atoms with van der Waals surface area (Å²) in [5.41, 5.74) is 1.10. The second-order valence-corrected chi connectivity index (χ2v) is 5.13. The number of hydrogen-bond donors (Lipinski definition) is 1. The van der Waals surface area contributed by atoms with Gasteiger partial charge in [0.05, 0.1) is 5.69 Å². The lowest BCUT2D eigenvalue weighted by molar-refractivity contribution is -0.122. The maximum absolute atomic E-state index is 13.6. The van der Waals surface area contributed by atoms with E-state index in [1.54, 1.807) is 13.0 Å². The smallest absolute Gasteiger partial charge is 0.265 e. The number of ether oxygens (including phenoxy) is 1. The van der Waals surface area contributed by atoms with Crippen LogP contribution in [-0.2, 0) is 4.79 Å². The summed E-state index contributed by atoms with van der Waals surface area (Å²) >= 11 is 5.66. The number of carbonyl (C=O) groups excluding carboxylic acids is 1. The SMILES string of the molecule is Cc1cccc(O[C@H](C)C(=O)Nc2ccc(Cl)cc2F)c1. The molecule has 0 spiro atoms. The Balaban J connectivity index is 2.02. The predicted octanol–water partition coefficient (Wildman–Crippen LogP) is 4.19. The number of halogens is 2. The molecule has 21 heavy (non-hydrogen) atoms. The third-order valence-electron chi connectivity index (χ3n) is 2.86. The molecule has 0 aliphatic heterocycles. The van der Waals surface area contributed by atoms with Gasteiger partial charge < -0.3 is 10.1 Å². The van der Waals surface area contributed by atoms with Crippen LogP contribution in [0.15, 0.2) is 42.5 Å². The van der Waals surface area contributed by atoms with E-state index in [4.69, 9.17) is 16.3 Å². The number of aryl methyl sites for hydroxylation is 1. The lowest BCUT2D eigenvalue weighted by atomic mass is 10.2. The molecule has 0 fully saturated rings. The van der Waals surface area contributed by atoms with Crippen molar-refractivity contribution >= 4 is 23.2 Å². The predicted molar refractivity (Wildman–Crippen MR) is 81.3 cm³/mol. The van der Waals surface area contributed by atoms with E-state index in [9.17, 15) is 9.18 Å². The minimum Gasteiger partial charge on any atom is -0.481 e. The molecule has 1 amide bonds. The Morgan fingerprint density at radius 3 is 2.71 bits per heavy atom. The van der Waals surface area contributed by atoms with E-state index >= 15 is 0 Å². The number of carbonyl (C=O) groups is 1. The molecule has 0 bridgehead atoms. The molecule has 0 aliphatic carbocycles. The topological polar surface area (TPSA) is 38.3 Å². The van der Waals surface area contributed by atoms with Crippen LogP contribution in [0.25, 0.3) is 0 Å². The molecule has 0 saturated heterocycles. The first-order chi connectivity index (χ1) is 9.95. The maximum atomic E-state index is 13.6. The molecular weight excluding hydrogens is 293 g/mol. The standard InChI is InChI=1S/C16H15ClFNO2/c1-10-4-3-5-13(8-10)21-11(2)16(20)19-15-7-6-12(17)9-14(15)18/h3-9,11H,1-2H3,(H,19,20)/t11-/m1/s1. The van der Waals surface area contributed by atoms with Crippen molar-refractivity contribution in [3.05, 3.63) is 58.9 Å². The van der Waals surface area contributed by atoms with Gasteiger partial charge >= 0.3 is 0 Å². The van der Waals surface area contributed by atoms with Gasteiger partial charge in [-0.2, -0.15) is 0 Å². The van der Waals surface area contributed by atoms with Crippen LogP contribution < -0.4 is 10.1 Å². The van der Waals surface area contributed by atoms with Crippen LogP contribution in [0, 0.1) is 12.7 Å². The van der Waals surface area contributed by atoms with E-state index < -0.39 is 17.8 Å². The van der Waals surface area contributed by atoms with Crippen LogP contribution in [0.2, 0.25) is 5.02 Å². The van der Waals surface area contributed by atoms with Crippen molar-refractivity contribution in [3.63, 3.8) is 0 Å². The highest BCUT2D eigenvalue weighted by atomic mass is 35.5. The van der Waals surface area contributed by atoms with Crippen LogP contribution >= 0.6 is 11.6 Å². The largest absolute Gasteiger partial charge is 0.481 e. The second kappa shape index (κ2) is 6.59. The Hall–Kier alpha value is -2.07. The van der Waals surface area contributed by atoms with Crippen molar-refractivity contribution in [2.45, 2.75) is 20.0 Å². The fourth-order valence-corrected chi connectivity index (χ4v) is 1.93. The second-order valence-electron chi connectivity index (χ2n) is 4.69. The molecular formula is C16H15ClFNO2. The Labute approximate surface area is 127 Å². The molecule has 110 valence electrons. The summed E-state index contributed by atoms with van der Waals surface area (Å²) in [6.45, 7) is 3.53. The zero-order chi connectivity index (χ0) is 15.4. The summed E-state index contributed by atoms with van der Waals surface area (Å²) < 4.78 is 19.1. The average molecular weight is 308 g/mol. The minimum atomic E-state index is -0.748. The molecule has 1 N–H and O–H groups in total. The van der Waals surface area contributed by atoms with Gasteiger partial charge in [-0.25, -0.2) is 4.39 Å². The lowest BCUT2D eigenvalue weighted by Crippen LogP contribution is -2.30. The molecule has 2 aromatic rings. The molecule has 0 unspecified atom stereocenters. The van der Waals surface area contributed by atoms with Crippen molar-refractivity contribution < 1.29 is 13.9 Å². The molecule has 0 aliphatic rings. The molecule has 0 radical (unpaired) electrons. The molecule has 2 aromatic carbocycles. The number of benzene rings is 2. The molecule has 1 atom stereocenters. The van der Waals surface area contributed by atoms with E-state index in [-0.39, 0.29) is 10.7 Å². The Morgan fingerprint density at radius 2 is 2.05 bits per heavy atom. The van der Waals surface area contributed by atoms with Crippen LogP contribution in [0.1, 0.15) is 12.5 Å². The van der Waals surface area contributed by atoms with Gasteiger partial charge in [0, 0.05) is 5.02 Å². The summed E-state index contributed by atoms with van der Waals surface area (Å²) in [6, 6.07) is 11.4. The molecule has 3 nitrogen and oxygen atoms in total. The van der Waals surface area contributed by atoms with Crippen LogP contribution in [0.3, 0.4) is 0 Å². The first kappa shape index (κ1) is 15.3. The third kappa shape index (κ3) is 4.20. The van der Waals surface area contributed by atoms with E-state index in [0.29, 0.717) is 5.75 Å². The summed E-state index contributed by atoms with van der Waals surface area (Å²) in [6.07, 6.45) is -0.748. The summed E-state index contributed by atoms with van der Waals surface area (Å²) in [5.74, 6) is -0.425. The number of amides is 1. The summed E-state index contributed by atoms with van der Waals surface area (Å²) in [4.78, 5) is 12.0. The summed E-state index contributed by atoms with van der Waals surface area (Å²) in [7, 11) is 0. The fourth-order valence-electron chi connectivity index (χ4n) is 1.77. The summed E-state index contributed by atoms with van der Waals surface area (Å²) in [5, 5.41) is 2.75. The molecule has 0 aromatic heterocycles. The van der Waals surface area contributed by atoms with Crippen LogP contribution in [0.4, 0.5) is 10.1 Å². The highest BCUT2D eigenvalue weighted by Gasteiger charge is 2.16. The van der Waals surface area contributed by atoms with Gasteiger partial charge in [-0.15, -0.1) is 0 Å². The zero-order valence-corrected chi connectivity index (χ0v) is 12.4. The van der Waals surface area contributed by atoms with Crippen molar-refractivity contribution in [1.82, 2.24) is 0 Å². The lowest BCUT2D eigenvalue weighted by Gasteiger charge is -2.15. The Kier molecular flexibility index (Phi) is 4.81. The highest BCUT2D eigenvalue weighted by molar-refractivity contribution is 6.30. The molecule has 0 heterocycles. The van der Waals surface area contributed by atoms with E-state index in [1.807, 2.05) is 25.1 Å². The number of anilines is 1. The minimum absolute atomic E-state index is 0.0732. The maximum Gasteiger partial charge on any atom is 0.265 e. The monoisotopic (exact) mass is 307 g/mol. The van der Waals surface area contributed by atoms with Crippen molar-refractivity contribution in [1.29, 1.82) is 0 Å². The number of hydrogen-bond acceptors (Lipinski definition) is 2.